The van der Waals surface area contributed by atoms with Gasteiger partial charge in [-0.05, 0) is 128 Å². The van der Waals surface area contributed by atoms with Crippen LogP contribution < -0.4 is 0 Å². The summed E-state index contributed by atoms with van der Waals surface area (Å²) in [5, 5.41) is 21.9. The van der Waals surface area contributed by atoms with E-state index in [9.17, 15) is 10.2 Å². The fourth-order valence-corrected chi connectivity index (χ4v) is 11.0. The molecule has 1 unspecified atom stereocenters. The molecule has 5 fully saturated rings. The summed E-state index contributed by atoms with van der Waals surface area (Å²) in [5.74, 6) is 2.08. The first kappa shape index (κ1) is 19.9. The first-order valence-corrected chi connectivity index (χ1v) is 13.4. The van der Waals surface area contributed by atoms with Crippen molar-refractivity contribution in [3.05, 3.63) is 12.2 Å². The van der Waals surface area contributed by atoms with E-state index in [0.717, 1.165) is 51.4 Å². The predicted molar refractivity (Wildman–Crippen MR) is 132 cm³/mol. The standard InChI is InChI=1S/C30H50O2/c1-19(2)20-10-15-30(18-31)17-16-28(6)21(25(20)30)8-9-23-27(5)13-12-24(32)26(3,4)22(27)11-14-29(23,28)7/h20-25,31-32H,1,8-18H2,2-7H3/t20-,21+,22?,23+,24-,25+,27-,28+,29+,30+/m0/s1/i12D2,24D. The summed E-state index contributed by atoms with van der Waals surface area (Å²) in [5.41, 5.74) is 0.526. The summed E-state index contributed by atoms with van der Waals surface area (Å²) in [6.07, 6.45) is 5.04. The minimum absolute atomic E-state index is 0.0458. The fourth-order valence-electron chi connectivity index (χ4n) is 11.0. The smallest absolute Gasteiger partial charge is 0.0606 e. The van der Waals surface area contributed by atoms with Gasteiger partial charge in [0, 0.05) is 9.35 Å². The van der Waals surface area contributed by atoms with Gasteiger partial charge in [-0.2, -0.15) is 0 Å². The topological polar surface area (TPSA) is 40.5 Å². The van der Waals surface area contributed by atoms with Crippen molar-refractivity contribution in [2.24, 2.45) is 56.7 Å². The van der Waals surface area contributed by atoms with Crippen LogP contribution in [0.4, 0.5) is 0 Å². The van der Waals surface area contributed by atoms with E-state index in [2.05, 4.69) is 34.3 Å². The van der Waals surface area contributed by atoms with E-state index in [4.69, 9.17) is 4.11 Å². The zero-order valence-corrected chi connectivity index (χ0v) is 21.6. The lowest BCUT2D eigenvalue weighted by Crippen LogP contribution is -2.66. The van der Waals surface area contributed by atoms with Gasteiger partial charge in [-0.3, -0.25) is 0 Å². The molecule has 0 bridgehead atoms. The predicted octanol–water partition coefficient (Wildman–Crippen LogP) is 7.00. The number of fused-ring (bicyclic) bond motifs is 7. The van der Waals surface area contributed by atoms with Gasteiger partial charge in [0.2, 0.25) is 0 Å². The highest BCUT2D eigenvalue weighted by Gasteiger charge is 2.70. The molecule has 0 saturated heterocycles. The van der Waals surface area contributed by atoms with Gasteiger partial charge in [-0.25, -0.2) is 0 Å². The number of rotatable bonds is 2. The molecule has 2 heteroatoms. The van der Waals surface area contributed by atoms with E-state index in [1.807, 2.05) is 13.8 Å². The largest absolute Gasteiger partial charge is 0.396 e. The van der Waals surface area contributed by atoms with Gasteiger partial charge in [0.25, 0.3) is 0 Å². The van der Waals surface area contributed by atoms with Gasteiger partial charge in [0.05, 0.1) is 7.45 Å². The Bertz CT molecular complexity index is 913. The average molecular weight is 446 g/mol. The summed E-state index contributed by atoms with van der Waals surface area (Å²) in [4.78, 5) is 0. The fraction of sp³-hybridized carbons (Fsp3) is 0.933. The molecule has 0 spiro atoms. The Labute approximate surface area is 201 Å². The molecular formula is C30H50O2. The van der Waals surface area contributed by atoms with E-state index < -0.39 is 17.9 Å². The number of hydrogen-bond acceptors (Lipinski definition) is 2. The Morgan fingerprint density at radius 1 is 0.938 bits per heavy atom. The second-order valence-corrected chi connectivity index (χ2v) is 14.1. The van der Waals surface area contributed by atoms with Gasteiger partial charge in [0.15, 0.2) is 0 Å². The molecule has 0 aliphatic heterocycles. The van der Waals surface area contributed by atoms with Crippen molar-refractivity contribution in [1.82, 2.24) is 0 Å². The zero-order chi connectivity index (χ0) is 26.0. The van der Waals surface area contributed by atoms with Gasteiger partial charge in [-0.1, -0.05) is 46.8 Å². The van der Waals surface area contributed by atoms with Gasteiger partial charge in [-0.15, -0.1) is 0 Å². The first-order valence-electron chi connectivity index (χ1n) is 14.9. The highest BCUT2D eigenvalue weighted by molar-refractivity contribution is 5.21. The summed E-state index contributed by atoms with van der Waals surface area (Å²) in [6.45, 7) is 18.2. The molecule has 5 aliphatic rings. The van der Waals surface area contributed by atoms with E-state index in [-0.39, 0.29) is 34.0 Å². The lowest BCUT2D eigenvalue weighted by molar-refractivity contribution is -0.249. The second-order valence-electron chi connectivity index (χ2n) is 14.1. The third-order valence-corrected chi connectivity index (χ3v) is 12.9. The summed E-state index contributed by atoms with van der Waals surface area (Å²) >= 11 is 0. The molecule has 0 radical (unpaired) electrons. The number of allylic oxidation sites excluding steroid dienone is 1. The maximum atomic E-state index is 11.2. The van der Waals surface area contributed by atoms with Crippen LogP contribution in [0.5, 0.6) is 0 Å². The maximum absolute atomic E-state index is 11.2. The molecule has 32 heavy (non-hydrogen) atoms. The van der Waals surface area contributed by atoms with Crippen LogP contribution in [0.2, 0.25) is 0 Å². The molecule has 5 rings (SSSR count). The summed E-state index contributed by atoms with van der Waals surface area (Å²) in [7, 11) is 0. The second kappa shape index (κ2) is 7.09. The van der Waals surface area contributed by atoms with E-state index in [1.165, 1.54) is 5.57 Å². The minimum Gasteiger partial charge on any atom is -0.396 e. The van der Waals surface area contributed by atoms with Crippen LogP contribution in [0.15, 0.2) is 12.2 Å². The third kappa shape index (κ3) is 2.66. The van der Waals surface area contributed by atoms with Crippen LogP contribution in [-0.2, 0) is 0 Å². The number of aliphatic hydroxyl groups excluding tert-OH is 1. The van der Waals surface area contributed by atoms with Crippen molar-refractivity contribution in [2.45, 2.75) is 112 Å². The normalized spacial score (nSPS) is 61.8. The zero-order valence-electron chi connectivity index (χ0n) is 24.6. The van der Waals surface area contributed by atoms with Crippen molar-refractivity contribution < 1.29 is 14.3 Å². The SMILES string of the molecule is [2H]C1([2H])C[C@@]2(C)C(CC[C@]3(C)[C@@H]2CC[C@@H]2[C@H]4[C@H](C(=C)C)CC[C@]4(CO)CC[C@]23C)C(C)(C)[C@@]1([2H])O. The summed E-state index contributed by atoms with van der Waals surface area (Å²) < 4.78 is 26.4. The van der Waals surface area contributed by atoms with Crippen LogP contribution in [0, 0.1) is 56.7 Å². The molecule has 5 aliphatic carbocycles. The third-order valence-electron chi connectivity index (χ3n) is 12.9. The molecule has 2 N–H and O–H groups in total. The van der Waals surface area contributed by atoms with Crippen LogP contribution in [-0.4, -0.2) is 22.9 Å². The monoisotopic (exact) mass is 445 g/mol. The molecule has 0 aromatic carbocycles. The lowest BCUT2D eigenvalue weighted by Gasteiger charge is -2.73. The summed E-state index contributed by atoms with van der Waals surface area (Å²) in [6, 6.07) is 0. The van der Waals surface area contributed by atoms with Crippen LogP contribution >= 0.6 is 0 Å². The molecule has 0 heterocycles. The lowest BCUT2D eigenvalue weighted by atomic mass is 9.32. The van der Waals surface area contributed by atoms with Crippen LogP contribution in [0.25, 0.3) is 0 Å². The molecular weight excluding hydrogens is 392 g/mol. The molecule has 0 aromatic heterocycles. The van der Waals surface area contributed by atoms with Crippen molar-refractivity contribution in [2.75, 3.05) is 6.61 Å². The Morgan fingerprint density at radius 3 is 2.31 bits per heavy atom. The Hall–Kier alpha value is -0.340. The average Bonchev–Trinajstić information content (AvgIpc) is 3.13. The van der Waals surface area contributed by atoms with E-state index in [1.54, 1.807) is 0 Å². The van der Waals surface area contributed by atoms with Crippen LogP contribution in [0.3, 0.4) is 0 Å². The van der Waals surface area contributed by atoms with Crippen molar-refractivity contribution >= 4 is 0 Å². The Balaban J connectivity index is 1.58. The molecule has 5 saturated carbocycles. The molecule has 2 nitrogen and oxygen atoms in total. The minimum atomic E-state index is -2.08. The van der Waals surface area contributed by atoms with E-state index >= 15 is 0 Å². The Morgan fingerprint density at radius 2 is 1.66 bits per heavy atom. The first-order chi connectivity index (χ1) is 16.0. The quantitative estimate of drug-likeness (QED) is 0.449. The highest BCUT2D eigenvalue weighted by atomic mass is 16.3. The highest BCUT2D eigenvalue weighted by Crippen LogP contribution is 2.77. The molecule has 10 atom stereocenters. The maximum Gasteiger partial charge on any atom is 0.0606 e. The van der Waals surface area contributed by atoms with Gasteiger partial charge in [0.1, 0.15) is 0 Å². The van der Waals surface area contributed by atoms with Gasteiger partial charge >= 0.3 is 0 Å². The van der Waals surface area contributed by atoms with Gasteiger partial charge < -0.3 is 10.2 Å². The van der Waals surface area contributed by atoms with Crippen LogP contribution in [0.1, 0.15) is 110 Å². The van der Waals surface area contributed by atoms with Crippen molar-refractivity contribution in [3.8, 4) is 0 Å². The molecule has 0 aromatic rings. The van der Waals surface area contributed by atoms with Crippen molar-refractivity contribution in [1.29, 1.82) is 0 Å². The Kier molecular flexibility index (Phi) is 4.41. The molecule has 182 valence electrons. The van der Waals surface area contributed by atoms with Crippen molar-refractivity contribution in [3.63, 3.8) is 0 Å². The van der Waals surface area contributed by atoms with E-state index in [0.29, 0.717) is 30.3 Å². The molecule has 0 amide bonds. The number of hydrogen-bond donors (Lipinski definition) is 2. The number of aliphatic hydroxyl groups is 2.